The quantitative estimate of drug-likeness (QED) is 0.272. The Morgan fingerprint density at radius 3 is 2.57 bits per heavy atom. The number of esters is 1. The van der Waals surface area contributed by atoms with Gasteiger partial charge < -0.3 is 22.7 Å². The fraction of sp³-hybridized carbons (Fsp3) is 0.286. The highest BCUT2D eigenvalue weighted by Crippen LogP contribution is 2.42. The van der Waals surface area contributed by atoms with Gasteiger partial charge in [-0.1, -0.05) is 0 Å². The molecule has 0 saturated heterocycles. The highest BCUT2D eigenvalue weighted by Gasteiger charge is 2.40. The number of allylic oxidation sites excluding steroid dienone is 1. The summed E-state index contributed by atoms with van der Waals surface area (Å²) in [5.74, 6) is -0.634. The summed E-state index contributed by atoms with van der Waals surface area (Å²) in [5.41, 5.74) is 0.570. The SMILES string of the molecule is CC(=O)Oc1ccc2c(c1C)O[B-](F)(F)O/C2=C\C(Cl)=[N+](C)C. The van der Waals surface area contributed by atoms with Gasteiger partial charge in [0.1, 0.15) is 19.8 Å². The van der Waals surface area contributed by atoms with E-state index in [-0.39, 0.29) is 28.0 Å². The maximum atomic E-state index is 13.8. The van der Waals surface area contributed by atoms with Crippen molar-refractivity contribution in [1.82, 2.24) is 0 Å². The highest BCUT2D eigenvalue weighted by atomic mass is 35.5. The van der Waals surface area contributed by atoms with Crippen LogP contribution >= 0.6 is 11.6 Å². The number of halogens is 3. The second-order valence-corrected chi connectivity index (χ2v) is 5.54. The second kappa shape index (κ2) is 6.19. The van der Waals surface area contributed by atoms with E-state index in [2.05, 4.69) is 9.31 Å². The predicted molar refractivity (Wildman–Crippen MR) is 83.1 cm³/mol. The molecule has 2 rings (SSSR count). The normalized spacial score (nSPS) is 16.9. The Hall–Kier alpha value is -2.09. The first-order valence-electron chi connectivity index (χ1n) is 6.72. The number of rotatable bonds is 2. The molecule has 0 radical (unpaired) electrons. The van der Waals surface area contributed by atoms with Gasteiger partial charge >= 0.3 is 13.1 Å². The zero-order chi connectivity index (χ0) is 17.4. The smallest absolute Gasteiger partial charge is 0.627 e. The summed E-state index contributed by atoms with van der Waals surface area (Å²) in [6.07, 6.45) is 1.28. The number of carbonyl (C=O) groups is 1. The molecule has 0 bridgehead atoms. The van der Waals surface area contributed by atoms with Crippen molar-refractivity contribution in [2.24, 2.45) is 0 Å². The lowest BCUT2D eigenvalue weighted by molar-refractivity contribution is -0.461. The average Bonchev–Trinajstić information content (AvgIpc) is 2.41. The van der Waals surface area contributed by atoms with Crippen LogP contribution in [0.5, 0.6) is 11.5 Å². The van der Waals surface area contributed by atoms with E-state index in [1.165, 1.54) is 36.6 Å². The fourth-order valence-corrected chi connectivity index (χ4v) is 2.11. The van der Waals surface area contributed by atoms with Crippen molar-refractivity contribution in [3.8, 4) is 11.5 Å². The van der Waals surface area contributed by atoms with Crippen molar-refractivity contribution < 1.29 is 32.0 Å². The summed E-state index contributed by atoms with van der Waals surface area (Å²) >= 11 is 5.99. The van der Waals surface area contributed by atoms with Crippen LogP contribution in [0.3, 0.4) is 0 Å². The first kappa shape index (κ1) is 17.3. The third-order valence-corrected chi connectivity index (χ3v) is 3.52. The van der Waals surface area contributed by atoms with Crippen LogP contribution in [0, 0.1) is 6.92 Å². The number of hydrogen-bond acceptors (Lipinski definition) is 4. The molecule has 0 saturated carbocycles. The minimum absolute atomic E-state index is 0.102. The van der Waals surface area contributed by atoms with E-state index in [1.54, 1.807) is 14.1 Å². The number of nitrogens with zero attached hydrogens (tertiary/aromatic N) is 1. The van der Waals surface area contributed by atoms with Crippen LogP contribution in [0.2, 0.25) is 0 Å². The molecule has 5 nitrogen and oxygen atoms in total. The van der Waals surface area contributed by atoms with Gasteiger partial charge in [-0.3, -0.25) is 4.79 Å². The standard InChI is InChI=1S/C14H15BClF2NO4/c1-8-11(21-9(2)20)6-5-10-12(7-13(16)19(3)4)22-15(17,18)23-14(8)10/h5-7H,1-4H3/b12-7-. The molecule has 0 N–H and O–H groups in total. The van der Waals surface area contributed by atoms with Crippen LogP contribution in [0.15, 0.2) is 18.2 Å². The molecule has 23 heavy (non-hydrogen) atoms. The number of ether oxygens (including phenoxy) is 1. The van der Waals surface area contributed by atoms with Crippen molar-refractivity contribution in [1.29, 1.82) is 0 Å². The van der Waals surface area contributed by atoms with E-state index in [0.29, 0.717) is 5.56 Å². The number of fused-ring (bicyclic) bond motifs is 1. The Kier molecular flexibility index (Phi) is 4.65. The number of hydrogen-bond donors (Lipinski definition) is 0. The maximum Gasteiger partial charge on any atom is 0.725 e. The lowest BCUT2D eigenvalue weighted by atomic mass is 10.0. The second-order valence-electron chi connectivity index (χ2n) is 5.16. The molecule has 0 fully saturated rings. The van der Waals surface area contributed by atoms with Crippen molar-refractivity contribution in [3.63, 3.8) is 0 Å². The molecule has 0 spiro atoms. The molecular formula is C14H15BClF2NO4. The zero-order valence-corrected chi connectivity index (χ0v) is 13.8. The Morgan fingerprint density at radius 1 is 1.35 bits per heavy atom. The van der Waals surface area contributed by atoms with E-state index < -0.39 is 13.1 Å². The summed E-state index contributed by atoms with van der Waals surface area (Å²) < 4.78 is 43.3. The first-order valence-corrected chi connectivity index (χ1v) is 7.10. The zero-order valence-electron chi connectivity index (χ0n) is 13.0. The molecule has 1 aromatic carbocycles. The Morgan fingerprint density at radius 2 is 2.00 bits per heavy atom. The highest BCUT2D eigenvalue weighted by molar-refractivity contribution is 6.67. The monoisotopic (exact) mass is 345 g/mol. The Bertz CT molecular complexity index is 730. The van der Waals surface area contributed by atoms with Crippen molar-refractivity contribution in [2.45, 2.75) is 13.8 Å². The molecule has 1 aliphatic heterocycles. The minimum Gasteiger partial charge on any atom is -0.627 e. The molecule has 9 heteroatoms. The van der Waals surface area contributed by atoms with Crippen molar-refractivity contribution in [3.05, 3.63) is 29.3 Å². The molecule has 124 valence electrons. The van der Waals surface area contributed by atoms with Crippen molar-refractivity contribution >= 4 is 35.6 Å². The van der Waals surface area contributed by atoms with Gasteiger partial charge in [-0.15, -0.1) is 0 Å². The molecule has 1 heterocycles. The van der Waals surface area contributed by atoms with Gasteiger partial charge in [0.2, 0.25) is 0 Å². The molecule has 1 aliphatic rings. The Labute approximate surface area is 137 Å². The van der Waals surface area contributed by atoms with Gasteiger partial charge in [0, 0.05) is 12.5 Å². The van der Waals surface area contributed by atoms with Crippen LogP contribution < -0.4 is 9.39 Å². The van der Waals surface area contributed by atoms with Crippen LogP contribution in [0.4, 0.5) is 8.63 Å². The molecule has 0 atom stereocenters. The van der Waals surface area contributed by atoms with E-state index in [0.717, 1.165) is 0 Å². The summed E-state index contributed by atoms with van der Waals surface area (Å²) in [6, 6.07) is 2.95. The lowest BCUT2D eigenvalue weighted by Crippen LogP contribution is -2.39. The third-order valence-electron chi connectivity index (χ3n) is 3.07. The minimum atomic E-state index is -4.55. The van der Waals surface area contributed by atoms with E-state index in [9.17, 15) is 13.4 Å². The van der Waals surface area contributed by atoms with E-state index in [1.807, 2.05) is 0 Å². The molecule has 0 unspecified atom stereocenters. The molecule has 1 aromatic rings. The third kappa shape index (κ3) is 3.82. The molecule has 0 aromatic heterocycles. The maximum absolute atomic E-state index is 13.8. The molecular weight excluding hydrogens is 330 g/mol. The summed E-state index contributed by atoms with van der Waals surface area (Å²) in [7, 11) is -1.22. The average molecular weight is 346 g/mol. The van der Waals surface area contributed by atoms with E-state index >= 15 is 0 Å². The van der Waals surface area contributed by atoms with Gasteiger partial charge in [-0.05, 0) is 30.7 Å². The van der Waals surface area contributed by atoms with Gasteiger partial charge in [-0.2, -0.15) is 0 Å². The van der Waals surface area contributed by atoms with Gasteiger partial charge in [-0.25, -0.2) is 4.58 Å². The van der Waals surface area contributed by atoms with Crippen LogP contribution in [0.1, 0.15) is 18.1 Å². The first-order chi connectivity index (χ1) is 10.6. The van der Waals surface area contributed by atoms with Crippen LogP contribution in [-0.2, 0) is 9.45 Å². The number of carbonyl (C=O) groups excluding carboxylic acids is 1. The largest absolute Gasteiger partial charge is 0.725 e. The van der Waals surface area contributed by atoms with Gasteiger partial charge in [0.15, 0.2) is 0 Å². The van der Waals surface area contributed by atoms with Crippen LogP contribution in [0.25, 0.3) is 5.76 Å². The molecule has 0 amide bonds. The summed E-state index contributed by atoms with van der Waals surface area (Å²) in [6.45, 7) is 2.74. The van der Waals surface area contributed by atoms with Gasteiger partial charge in [0.25, 0.3) is 5.17 Å². The topological polar surface area (TPSA) is 47.8 Å². The summed E-state index contributed by atoms with van der Waals surface area (Å²) in [5, 5.41) is 0.209. The fourth-order valence-electron chi connectivity index (χ4n) is 2.01. The predicted octanol–water partition coefficient (Wildman–Crippen LogP) is 2.95. The summed E-state index contributed by atoms with van der Waals surface area (Å²) in [4.78, 5) is 11.1. The lowest BCUT2D eigenvalue weighted by Gasteiger charge is -2.37. The number of benzene rings is 1. The molecule has 0 aliphatic carbocycles. The van der Waals surface area contributed by atoms with Gasteiger partial charge in [0.05, 0.1) is 23.1 Å². The Balaban J connectivity index is 2.60. The van der Waals surface area contributed by atoms with Crippen molar-refractivity contribution in [2.75, 3.05) is 14.1 Å². The van der Waals surface area contributed by atoms with Crippen LogP contribution in [-0.4, -0.2) is 36.9 Å². The van der Waals surface area contributed by atoms with E-state index in [4.69, 9.17) is 16.3 Å².